The van der Waals surface area contributed by atoms with Crippen LogP contribution in [0.3, 0.4) is 0 Å². The minimum absolute atomic E-state index is 0.0702. The molecule has 0 aliphatic carbocycles. The van der Waals surface area contributed by atoms with Crippen LogP contribution in [0.4, 0.5) is 10.1 Å². The molecule has 0 bridgehead atoms. The van der Waals surface area contributed by atoms with E-state index < -0.39 is 5.82 Å². The highest BCUT2D eigenvalue weighted by Crippen LogP contribution is 2.28. The predicted octanol–water partition coefficient (Wildman–Crippen LogP) is 1.86. The van der Waals surface area contributed by atoms with Gasteiger partial charge in [-0.1, -0.05) is 6.07 Å². The van der Waals surface area contributed by atoms with Crippen molar-refractivity contribution in [3.8, 4) is 17.7 Å². The zero-order valence-electron chi connectivity index (χ0n) is 8.59. The lowest BCUT2D eigenvalue weighted by atomic mass is 10.3. The van der Waals surface area contributed by atoms with Crippen LogP contribution in [0, 0.1) is 17.1 Å². The van der Waals surface area contributed by atoms with Gasteiger partial charge in [0.05, 0.1) is 18.1 Å². The Morgan fingerprint density at radius 1 is 1.29 bits per heavy atom. The van der Waals surface area contributed by atoms with Crippen molar-refractivity contribution in [3.05, 3.63) is 42.1 Å². The number of para-hydroxylation sites is 1. The highest BCUT2D eigenvalue weighted by Gasteiger charge is 2.09. The second-order valence-electron chi connectivity index (χ2n) is 3.11. The molecule has 1 aromatic heterocycles. The van der Waals surface area contributed by atoms with Crippen LogP contribution in [0.1, 0.15) is 5.69 Å². The van der Waals surface area contributed by atoms with Gasteiger partial charge < -0.3 is 10.5 Å². The van der Waals surface area contributed by atoms with Gasteiger partial charge in [-0.25, -0.2) is 14.4 Å². The SMILES string of the molecule is N#Cc1cnc(Oc2c(N)cccc2F)cn1. The lowest BCUT2D eigenvalue weighted by Crippen LogP contribution is -1.97. The van der Waals surface area contributed by atoms with E-state index in [1.807, 2.05) is 6.07 Å². The van der Waals surface area contributed by atoms with Crippen LogP contribution >= 0.6 is 0 Å². The standard InChI is InChI=1S/C11H7FN4O/c12-8-2-1-3-9(14)11(8)17-10-6-15-7(4-13)5-16-10/h1-3,5-6H,14H2. The summed E-state index contributed by atoms with van der Waals surface area (Å²) in [6, 6.07) is 6.02. The summed E-state index contributed by atoms with van der Waals surface area (Å²) in [5, 5.41) is 8.53. The Labute approximate surface area is 96.3 Å². The highest BCUT2D eigenvalue weighted by atomic mass is 19.1. The number of rotatable bonds is 2. The monoisotopic (exact) mass is 230 g/mol. The van der Waals surface area contributed by atoms with Crippen molar-refractivity contribution >= 4 is 5.69 Å². The number of anilines is 1. The van der Waals surface area contributed by atoms with Crippen LogP contribution in [0.5, 0.6) is 11.6 Å². The molecule has 0 unspecified atom stereocenters. The van der Waals surface area contributed by atoms with Crippen molar-refractivity contribution in [3.63, 3.8) is 0 Å². The Balaban J connectivity index is 2.29. The van der Waals surface area contributed by atoms with Gasteiger partial charge in [-0.2, -0.15) is 5.26 Å². The fourth-order valence-electron chi connectivity index (χ4n) is 1.16. The zero-order chi connectivity index (χ0) is 12.3. The first-order valence-electron chi connectivity index (χ1n) is 4.64. The van der Waals surface area contributed by atoms with E-state index in [2.05, 4.69) is 9.97 Å². The molecule has 0 saturated heterocycles. The lowest BCUT2D eigenvalue weighted by Gasteiger charge is -2.07. The van der Waals surface area contributed by atoms with Crippen LogP contribution in [0.2, 0.25) is 0 Å². The van der Waals surface area contributed by atoms with E-state index in [0.717, 1.165) is 0 Å². The van der Waals surface area contributed by atoms with Crippen molar-refractivity contribution in [1.29, 1.82) is 5.26 Å². The smallest absolute Gasteiger partial charge is 0.238 e. The number of hydrogen-bond acceptors (Lipinski definition) is 5. The zero-order valence-corrected chi connectivity index (χ0v) is 8.59. The number of ether oxygens (including phenoxy) is 1. The van der Waals surface area contributed by atoms with Crippen LogP contribution in [0.25, 0.3) is 0 Å². The number of aromatic nitrogens is 2. The van der Waals surface area contributed by atoms with Crippen LogP contribution in [-0.4, -0.2) is 9.97 Å². The maximum atomic E-state index is 13.4. The van der Waals surface area contributed by atoms with E-state index in [9.17, 15) is 4.39 Å². The van der Waals surface area contributed by atoms with Gasteiger partial charge >= 0.3 is 0 Å². The van der Waals surface area contributed by atoms with E-state index in [-0.39, 0.29) is 23.0 Å². The molecule has 0 fully saturated rings. The lowest BCUT2D eigenvalue weighted by molar-refractivity contribution is 0.427. The molecular weight excluding hydrogens is 223 g/mol. The summed E-state index contributed by atoms with van der Waals surface area (Å²) in [6.45, 7) is 0. The molecule has 2 aromatic rings. The second-order valence-corrected chi connectivity index (χ2v) is 3.11. The molecule has 2 N–H and O–H groups in total. The van der Waals surface area contributed by atoms with E-state index in [1.54, 1.807) is 0 Å². The molecule has 0 saturated carbocycles. The molecule has 0 atom stereocenters. The number of nitrogens with zero attached hydrogens (tertiary/aromatic N) is 3. The minimum atomic E-state index is -0.587. The predicted molar refractivity (Wildman–Crippen MR) is 57.6 cm³/mol. The maximum Gasteiger partial charge on any atom is 0.238 e. The summed E-state index contributed by atoms with van der Waals surface area (Å²) in [7, 11) is 0. The summed E-state index contributed by atoms with van der Waals surface area (Å²) in [5.41, 5.74) is 5.87. The normalized spacial score (nSPS) is 9.65. The first kappa shape index (κ1) is 10.8. The van der Waals surface area contributed by atoms with Crippen LogP contribution in [-0.2, 0) is 0 Å². The molecule has 84 valence electrons. The van der Waals surface area contributed by atoms with Gasteiger partial charge in [0.2, 0.25) is 5.88 Å². The van der Waals surface area contributed by atoms with Crippen molar-refractivity contribution in [2.45, 2.75) is 0 Å². The van der Waals surface area contributed by atoms with Gasteiger partial charge in [0, 0.05) is 0 Å². The molecule has 0 spiro atoms. The number of nitriles is 1. The molecule has 1 heterocycles. The molecule has 0 amide bonds. The van der Waals surface area contributed by atoms with Crippen molar-refractivity contribution < 1.29 is 9.13 Å². The topological polar surface area (TPSA) is 84.8 Å². The molecule has 5 nitrogen and oxygen atoms in total. The summed E-state index contributed by atoms with van der Waals surface area (Å²) in [5.74, 6) is -0.622. The molecule has 0 radical (unpaired) electrons. The fourth-order valence-corrected chi connectivity index (χ4v) is 1.16. The Kier molecular flexibility index (Phi) is 2.83. The Bertz CT molecular complexity index is 557. The first-order chi connectivity index (χ1) is 8.20. The average Bonchev–Trinajstić information content (AvgIpc) is 2.35. The van der Waals surface area contributed by atoms with Crippen molar-refractivity contribution in [2.24, 2.45) is 0 Å². The van der Waals surface area contributed by atoms with Gasteiger partial charge in [-0.05, 0) is 12.1 Å². The molecule has 2 rings (SSSR count). The Hall–Kier alpha value is -2.68. The molecule has 6 heteroatoms. The molecule has 1 aromatic carbocycles. The van der Waals surface area contributed by atoms with Gasteiger partial charge in [-0.3, -0.25) is 0 Å². The van der Waals surface area contributed by atoms with Crippen molar-refractivity contribution in [1.82, 2.24) is 9.97 Å². The largest absolute Gasteiger partial charge is 0.432 e. The molecule has 17 heavy (non-hydrogen) atoms. The number of hydrogen-bond donors (Lipinski definition) is 1. The van der Waals surface area contributed by atoms with Gasteiger partial charge in [-0.15, -0.1) is 0 Å². The quantitative estimate of drug-likeness (QED) is 0.796. The third kappa shape index (κ3) is 2.29. The summed E-state index contributed by atoms with van der Waals surface area (Å²) in [4.78, 5) is 7.54. The summed E-state index contributed by atoms with van der Waals surface area (Å²) in [6.07, 6.45) is 2.46. The third-order valence-corrected chi connectivity index (χ3v) is 1.95. The fraction of sp³-hybridized carbons (Fsp3) is 0. The first-order valence-corrected chi connectivity index (χ1v) is 4.64. The van der Waals surface area contributed by atoms with Gasteiger partial charge in [0.15, 0.2) is 17.3 Å². The number of halogens is 1. The van der Waals surface area contributed by atoms with Gasteiger partial charge in [0.25, 0.3) is 0 Å². The minimum Gasteiger partial charge on any atom is -0.432 e. The third-order valence-electron chi connectivity index (χ3n) is 1.95. The van der Waals surface area contributed by atoms with E-state index in [4.69, 9.17) is 15.7 Å². The van der Waals surface area contributed by atoms with Crippen LogP contribution in [0.15, 0.2) is 30.6 Å². The second kappa shape index (κ2) is 4.45. The summed E-state index contributed by atoms with van der Waals surface area (Å²) >= 11 is 0. The van der Waals surface area contributed by atoms with Crippen LogP contribution < -0.4 is 10.5 Å². The van der Waals surface area contributed by atoms with E-state index in [0.29, 0.717) is 0 Å². The van der Waals surface area contributed by atoms with E-state index >= 15 is 0 Å². The number of nitrogens with two attached hydrogens (primary N) is 1. The Morgan fingerprint density at radius 3 is 2.71 bits per heavy atom. The average molecular weight is 230 g/mol. The molecule has 0 aliphatic heterocycles. The Morgan fingerprint density at radius 2 is 2.12 bits per heavy atom. The maximum absolute atomic E-state index is 13.4. The van der Waals surface area contributed by atoms with E-state index in [1.165, 1.54) is 30.6 Å². The molecule has 0 aliphatic rings. The van der Waals surface area contributed by atoms with Gasteiger partial charge in [0.1, 0.15) is 6.07 Å². The highest BCUT2D eigenvalue weighted by molar-refractivity contribution is 5.53. The molecular formula is C11H7FN4O. The summed E-state index contributed by atoms with van der Waals surface area (Å²) < 4.78 is 18.5. The number of benzene rings is 1. The number of nitrogen functional groups attached to an aromatic ring is 1. The van der Waals surface area contributed by atoms with Crippen molar-refractivity contribution in [2.75, 3.05) is 5.73 Å².